The first kappa shape index (κ1) is 18.3. The van der Waals surface area contributed by atoms with E-state index in [1.165, 1.54) is 0 Å². The number of hydrazone groups is 1. The molecule has 2 amide bonds. The van der Waals surface area contributed by atoms with Crippen molar-refractivity contribution in [2.24, 2.45) is 11.0 Å². The van der Waals surface area contributed by atoms with Gasteiger partial charge in [-0.2, -0.15) is 5.10 Å². The third-order valence-electron chi connectivity index (χ3n) is 4.30. The van der Waals surface area contributed by atoms with E-state index in [4.69, 9.17) is 5.11 Å². The van der Waals surface area contributed by atoms with Crippen LogP contribution in [0.4, 0.5) is 5.69 Å². The van der Waals surface area contributed by atoms with E-state index in [1.807, 2.05) is 19.1 Å². The zero-order chi connectivity index (χ0) is 19.4. The summed E-state index contributed by atoms with van der Waals surface area (Å²) in [5.41, 5.74) is 5.52. The molecule has 1 atom stereocenters. The van der Waals surface area contributed by atoms with Crippen molar-refractivity contribution in [2.45, 2.75) is 19.8 Å². The molecule has 7 nitrogen and oxygen atoms in total. The van der Waals surface area contributed by atoms with Crippen molar-refractivity contribution >= 4 is 29.2 Å². The van der Waals surface area contributed by atoms with Crippen molar-refractivity contribution in [3.8, 4) is 0 Å². The summed E-state index contributed by atoms with van der Waals surface area (Å²) < 4.78 is 0. The number of carboxylic acid groups (broad SMARTS) is 1. The SMILES string of the molecule is CC1CC(=O)NN=C1c1ccc(NC(=O)c2ccccc2CC(=O)O)cc1. The van der Waals surface area contributed by atoms with Crippen LogP contribution in [-0.2, 0) is 16.0 Å². The van der Waals surface area contributed by atoms with Crippen LogP contribution in [0.5, 0.6) is 0 Å². The number of benzene rings is 2. The average molecular weight is 365 g/mol. The Labute approximate surface area is 156 Å². The molecule has 0 saturated heterocycles. The number of anilines is 1. The number of aliphatic carboxylic acids is 1. The molecule has 1 heterocycles. The summed E-state index contributed by atoms with van der Waals surface area (Å²) in [6, 6.07) is 13.8. The van der Waals surface area contributed by atoms with E-state index in [9.17, 15) is 14.4 Å². The summed E-state index contributed by atoms with van der Waals surface area (Å²) in [5.74, 6) is -1.44. The van der Waals surface area contributed by atoms with Crippen molar-refractivity contribution < 1.29 is 19.5 Å². The first-order valence-corrected chi connectivity index (χ1v) is 8.52. The number of carbonyl (C=O) groups is 3. The van der Waals surface area contributed by atoms with Gasteiger partial charge in [0.05, 0.1) is 12.1 Å². The molecule has 0 radical (unpaired) electrons. The molecule has 1 aliphatic heterocycles. The Morgan fingerprint density at radius 1 is 1.19 bits per heavy atom. The van der Waals surface area contributed by atoms with Crippen molar-refractivity contribution in [2.75, 3.05) is 5.32 Å². The van der Waals surface area contributed by atoms with Crippen LogP contribution in [0.25, 0.3) is 0 Å². The molecule has 3 N–H and O–H groups in total. The molecule has 3 rings (SSSR count). The predicted molar refractivity (Wildman–Crippen MR) is 101 cm³/mol. The number of hydrogen-bond donors (Lipinski definition) is 3. The van der Waals surface area contributed by atoms with Crippen molar-refractivity contribution in [1.82, 2.24) is 5.43 Å². The molecular weight excluding hydrogens is 346 g/mol. The number of hydrogen-bond acceptors (Lipinski definition) is 4. The van der Waals surface area contributed by atoms with Gasteiger partial charge in [-0.25, -0.2) is 5.43 Å². The van der Waals surface area contributed by atoms with Gasteiger partial charge in [-0.15, -0.1) is 0 Å². The van der Waals surface area contributed by atoms with Crippen LogP contribution in [0.2, 0.25) is 0 Å². The van der Waals surface area contributed by atoms with Gasteiger partial charge in [0.1, 0.15) is 0 Å². The standard InChI is InChI=1S/C20H19N3O4/c1-12-10-17(24)22-23-19(12)13-6-8-15(9-7-13)21-20(27)16-5-3-2-4-14(16)11-18(25)26/h2-9,12H,10-11H2,1H3,(H,21,27)(H,22,24)(H,25,26). The average Bonchev–Trinajstić information content (AvgIpc) is 2.62. The predicted octanol–water partition coefficient (Wildman–Crippen LogP) is 2.43. The summed E-state index contributed by atoms with van der Waals surface area (Å²) in [6.07, 6.45) is 0.170. The molecule has 0 aromatic heterocycles. The lowest BCUT2D eigenvalue weighted by molar-refractivity contribution is -0.136. The zero-order valence-electron chi connectivity index (χ0n) is 14.7. The zero-order valence-corrected chi connectivity index (χ0v) is 14.7. The van der Waals surface area contributed by atoms with E-state index in [0.717, 1.165) is 11.3 Å². The Balaban J connectivity index is 1.75. The Morgan fingerprint density at radius 2 is 1.89 bits per heavy atom. The summed E-state index contributed by atoms with van der Waals surface area (Å²) in [5, 5.41) is 15.9. The topological polar surface area (TPSA) is 108 Å². The third-order valence-corrected chi connectivity index (χ3v) is 4.30. The van der Waals surface area contributed by atoms with Gasteiger partial charge >= 0.3 is 5.97 Å². The molecule has 7 heteroatoms. The Kier molecular flexibility index (Phi) is 5.30. The van der Waals surface area contributed by atoms with Crippen LogP contribution in [-0.4, -0.2) is 28.6 Å². The van der Waals surface area contributed by atoms with Crippen LogP contribution in [0.1, 0.15) is 34.8 Å². The fraction of sp³-hybridized carbons (Fsp3) is 0.200. The Hall–Kier alpha value is -3.48. The van der Waals surface area contributed by atoms with Gasteiger partial charge in [0.15, 0.2) is 0 Å². The lowest BCUT2D eigenvalue weighted by atomic mass is 9.94. The van der Waals surface area contributed by atoms with Crippen molar-refractivity contribution in [3.05, 3.63) is 65.2 Å². The lowest BCUT2D eigenvalue weighted by Gasteiger charge is -2.19. The van der Waals surface area contributed by atoms with Gasteiger partial charge < -0.3 is 10.4 Å². The Bertz CT molecular complexity index is 919. The monoisotopic (exact) mass is 365 g/mol. The van der Waals surface area contributed by atoms with Crippen molar-refractivity contribution in [1.29, 1.82) is 0 Å². The Morgan fingerprint density at radius 3 is 2.56 bits per heavy atom. The normalized spacial score (nSPS) is 16.3. The van der Waals surface area contributed by atoms with E-state index >= 15 is 0 Å². The number of nitrogens with zero attached hydrogens (tertiary/aromatic N) is 1. The second-order valence-corrected chi connectivity index (χ2v) is 6.40. The molecule has 138 valence electrons. The number of rotatable bonds is 5. The largest absolute Gasteiger partial charge is 0.481 e. The molecule has 1 unspecified atom stereocenters. The maximum absolute atomic E-state index is 12.5. The van der Waals surface area contributed by atoms with E-state index in [1.54, 1.807) is 36.4 Å². The van der Waals surface area contributed by atoms with E-state index in [-0.39, 0.29) is 24.2 Å². The number of amides is 2. The van der Waals surface area contributed by atoms with Gasteiger partial charge in [0.2, 0.25) is 5.91 Å². The molecule has 0 bridgehead atoms. The number of carboxylic acids is 1. The van der Waals surface area contributed by atoms with Crippen LogP contribution in [0.3, 0.4) is 0 Å². The summed E-state index contributed by atoms with van der Waals surface area (Å²) in [6.45, 7) is 1.94. The lowest BCUT2D eigenvalue weighted by Crippen LogP contribution is -2.31. The molecule has 0 spiro atoms. The highest BCUT2D eigenvalue weighted by atomic mass is 16.4. The second kappa shape index (κ2) is 7.82. The van der Waals surface area contributed by atoms with E-state index < -0.39 is 5.97 Å². The summed E-state index contributed by atoms with van der Waals surface area (Å²) in [7, 11) is 0. The van der Waals surface area contributed by atoms with Gasteiger partial charge in [0, 0.05) is 23.6 Å². The van der Waals surface area contributed by atoms with Gasteiger partial charge in [0.25, 0.3) is 5.91 Å². The van der Waals surface area contributed by atoms with Gasteiger partial charge in [-0.3, -0.25) is 14.4 Å². The van der Waals surface area contributed by atoms with Gasteiger partial charge in [-0.1, -0.05) is 37.3 Å². The van der Waals surface area contributed by atoms with E-state index in [2.05, 4.69) is 15.8 Å². The van der Waals surface area contributed by atoms with Crippen LogP contribution in [0.15, 0.2) is 53.6 Å². The molecule has 27 heavy (non-hydrogen) atoms. The van der Waals surface area contributed by atoms with Gasteiger partial charge in [-0.05, 0) is 29.3 Å². The maximum atomic E-state index is 12.5. The second-order valence-electron chi connectivity index (χ2n) is 6.40. The summed E-state index contributed by atoms with van der Waals surface area (Å²) >= 11 is 0. The quantitative estimate of drug-likeness (QED) is 0.756. The molecular formula is C20H19N3O4. The molecule has 2 aromatic carbocycles. The minimum Gasteiger partial charge on any atom is -0.481 e. The number of nitrogens with one attached hydrogen (secondary N) is 2. The molecule has 0 aliphatic carbocycles. The fourth-order valence-electron chi connectivity index (χ4n) is 2.98. The minimum absolute atomic E-state index is 0.0158. The molecule has 0 saturated carbocycles. The molecule has 2 aromatic rings. The fourth-order valence-corrected chi connectivity index (χ4v) is 2.98. The van der Waals surface area contributed by atoms with Crippen LogP contribution < -0.4 is 10.7 Å². The van der Waals surface area contributed by atoms with Crippen LogP contribution >= 0.6 is 0 Å². The highest BCUT2D eigenvalue weighted by molar-refractivity contribution is 6.07. The molecule has 0 fully saturated rings. The van der Waals surface area contributed by atoms with E-state index in [0.29, 0.717) is 23.2 Å². The first-order valence-electron chi connectivity index (χ1n) is 8.52. The first-order chi connectivity index (χ1) is 12.9. The molecule has 1 aliphatic rings. The smallest absolute Gasteiger partial charge is 0.307 e. The highest BCUT2D eigenvalue weighted by Crippen LogP contribution is 2.19. The number of carbonyl (C=O) groups excluding carboxylic acids is 2. The summed E-state index contributed by atoms with van der Waals surface area (Å²) in [4.78, 5) is 34.8. The van der Waals surface area contributed by atoms with Crippen molar-refractivity contribution in [3.63, 3.8) is 0 Å². The minimum atomic E-state index is -0.992. The maximum Gasteiger partial charge on any atom is 0.307 e. The third kappa shape index (κ3) is 4.38. The van der Waals surface area contributed by atoms with Crippen LogP contribution in [0, 0.1) is 5.92 Å². The highest BCUT2D eigenvalue weighted by Gasteiger charge is 2.21.